The molecule has 1 heterocycles. The van der Waals surface area contributed by atoms with E-state index in [1.807, 2.05) is 31.2 Å². The first-order valence-electron chi connectivity index (χ1n) is 8.68. The topological polar surface area (TPSA) is 84.2 Å². The van der Waals surface area contributed by atoms with E-state index in [1.54, 1.807) is 31.4 Å². The summed E-state index contributed by atoms with van der Waals surface area (Å²) in [5.41, 5.74) is 1.76. The van der Waals surface area contributed by atoms with E-state index in [0.717, 1.165) is 5.39 Å². The summed E-state index contributed by atoms with van der Waals surface area (Å²) in [6.45, 7) is 2.40. The second-order valence-electron chi connectivity index (χ2n) is 5.78. The van der Waals surface area contributed by atoms with E-state index in [2.05, 4.69) is 16.4 Å². The van der Waals surface area contributed by atoms with E-state index in [9.17, 15) is 10.1 Å². The molecule has 0 radical (unpaired) electrons. The molecular formula is C21H19N3O3S. The lowest BCUT2D eigenvalue weighted by atomic mass is 10.1. The molecule has 7 heteroatoms. The van der Waals surface area contributed by atoms with E-state index in [-0.39, 0.29) is 11.7 Å². The average Bonchev–Trinajstić information content (AvgIpc) is 2.72. The second kappa shape index (κ2) is 9.11. The molecule has 0 aliphatic heterocycles. The third-order valence-corrected chi connectivity index (χ3v) is 4.90. The number of rotatable bonds is 7. The number of carbonyl (C=O) groups excluding carboxylic acids is 1. The van der Waals surface area contributed by atoms with Gasteiger partial charge in [0.25, 0.3) is 0 Å². The number of aromatic nitrogens is 1. The molecule has 0 aliphatic rings. The molecule has 0 saturated heterocycles. The predicted octanol–water partition coefficient (Wildman–Crippen LogP) is 4.24. The number of hydrogen-bond acceptors (Lipinski definition) is 6. The molecule has 142 valence electrons. The van der Waals surface area contributed by atoms with Crippen LogP contribution in [0.2, 0.25) is 0 Å². The van der Waals surface area contributed by atoms with Crippen molar-refractivity contribution in [1.29, 1.82) is 5.26 Å². The normalized spacial score (nSPS) is 10.3. The maximum Gasteiger partial charge on any atom is 0.234 e. The van der Waals surface area contributed by atoms with Gasteiger partial charge in [-0.25, -0.2) is 4.98 Å². The zero-order valence-electron chi connectivity index (χ0n) is 15.6. The van der Waals surface area contributed by atoms with Gasteiger partial charge in [0, 0.05) is 11.5 Å². The zero-order chi connectivity index (χ0) is 19.9. The summed E-state index contributed by atoms with van der Waals surface area (Å²) < 4.78 is 10.7. The highest BCUT2D eigenvalue weighted by Gasteiger charge is 2.12. The Morgan fingerprint density at radius 1 is 1.25 bits per heavy atom. The lowest BCUT2D eigenvalue weighted by Gasteiger charge is -2.11. The van der Waals surface area contributed by atoms with Crippen molar-refractivity contribution in [3.63, 3.8) is 0 Å². The molecule has 0 saturated carbocycles. The minimum absolute atomic E-state index is 0.123. The lowest BCUT2D eigenvalue weighted by molar-refractivity contribution is -0.113. The van der Waals surface area contributed by atoms with Crippen molar-refractivity contribution in [3.05, 3.63) is 54.1 Å². The van der Waals surface area contributed by atoms with Gasteiger partial charge in [0.2, 0.25) is 5.91 Å². The number of anilines is 1. The van der Waals surface area contributed by atoms with Gasteiger partial charge in [-0.3, -0.25) is 4.79 Å². The number of nitriles is 1. The summed E-state index contributed by atoms with van der Waals surface area (Å²) in [6, 6.07) is 16.7. The largest absolute Gasteiger partial charge is 0.497 e. The van der Waals surface area contributed by atoms with Crippen LogP contribution >= 0.6 is 11.8 Å². The molecule has 0 atom stereocenters. The van der Waals surface area contributed by atoms with Gasteiger partial charge in [-0.1, -0.05) is 23.9 Å². The van der Waals surface area contributed by atoms with Crippen LogP contribution in [0.1, 0.15) is 12.5 Å². The van der Waals surface area contributed by atoms with Gasteiger partial charge in [0.05, 0.1) is 36.2 Å². The zero-order valence-corrected chi connectivity index (χ0v) is 16.4. The van der Waals surface area contributed by atoms with Gasteiger partial charge < -0.3 is 14.8 Å². The first kappa shape index (κ1) is 19.5. The molecule has 1 N–H and O–H groups in total. The summed E-state index contributed by atoms with van der Waals surface area (Å²) in [4.78, 5) is 16.9. The van der Waals surface area contributed by atoms with Gasteiger partial charge >= 0.3 is 0 Å². The Bertz CT molecular complexity index is 1050. The van der Waals surface area contributed by atoms with Crippen molar-refractivity contribution in [1.82, 2.24) is 4.98 Å². The summed E-state index contributed by atoms with van der Waals surface area (Å²) >= 11 is 1.22. The standard InChI is InChI=1S/C21H19N3O3S/c1-3-27-19-7-5-4-6-17(19)23-20(25)13-28-21-15(12-22)10-14-8-9-16(26-2)11-18(14)24-21/h4-11H,3,13H2,1-2H3,(H,23,25). The van der Waals surface area contributed by atoms with Crippen LogP contribution in [-0.2, 0) is 4.79 Å². The Hall–Kier alpha value is -3.24. The van der Waals surface area contributed by atoms with Crippen molar-refractivity contribution in [3.8, 4) is 17.6 Å². The fourth-order valence-electron chi connectivity index (χ4n) is 2.62. The predicted molar refractivity (Wildman–Crippen MR) is 110 cm³/mol. The number of nitrogens with one attached hydrogen (secondary N) is 1. The second-order valence-corrected chi connectivity index (χ2v) is 6.74. The molecule has 0 bridgehead atoms. The number of benzene rings is 2. The third-order valence-electron chi connectivity index (χ3n) is 3.91. The third kappa shape index (κ3) is 4.53. The quantitative estimate of drug-likeness (QED) is 0.604. The summed E-state index contributed by atoms with van der Waals surface area (Å²) in [5.74, 6) is 1.23. The van der Waals surface area contributed by atoms with Crippen molar-refractivity contribution in [2.45, 2.75) is 11.9 Å². The molecule has 28 heavy (non-hydrogen) atoms. The summed E-state index contributed by atoms with van der Waals surface area (Å²) in [6.07, 6.45) is 0. The SMILES string of the molecule is CCOc1ccccc1NC(=O)CSc1nc2cc(OC)ccc2cc1C#N. The summed E-state index contributed by atoms with van der Waals surface area (Å²) in [7, 11) is 1.59. The number of ether oxygens (including phenoxy) is 2. The van der Waals surface area contributed by atoms with Crippen molar-refractivity contribution in [2.24, 2.45) is 0 Å². The molecule has 0 fully saturated rings. The number of amides is 1. The van der Waals surface area contributed by atoms with Crippen LogP contribution in [0, 0.1) is 11.3 Å². The van der Waals surface area contributed by atoms with Gasteiger partial charge in [-0.15, -0.1) is 0 Å². The number of nitrogens with zero attached hydrogens (tertiary/aromatic N) is 2. The van der Waals surface area contributed by atoms with Crippen LogP contribution in [-0.4, -0.2) is 30.4 Å². The van der Waals surface area contributed by atoms with Gasteiger partial charge in [-0.05, 0) is 37.3 Å². The smallest absolute Gasteiger partial charge is 0.234 e. The fourth-order valence-corrected chi connectivity index (χ4v) is 3.38. The number of pyridine rings is 1. The number of methoxy groups -OCH3 is 1. The van der Waals surface area contributed by atoms with Crippen LogP contribution in [0.3, 0.4) is 0 Å². The molecule has 0 unspecified atom stereocenters. The number of carbonyl (C=O) groups is 1. The maximum atomic E-state index is 12.4. The Kier molecular flexibility index (Phi) is 6.35. The molecule has 1 amide bonds. The maximum absolute atomic E-state index is 12.4. The molecule has 1 aromatic heterocycles. The van der Waals surface area contributed by atoms with E-state index in [0.29, 0.717) is 39.9 Å². The van der Waals surface area contributed by atoms with E-state index in [4.69, 9.17) is 9.47 Å². The van der Waals surface area contributed by atoms with Crippen molar-refractivity contribution >= 4 is 34.3 Å². The van der Waals surface area contributed by atoms with E-state index in [1.165, 1.54) is 11.8 Å². The molecule has 0 aliphatic carbocycles. The Morgan fingerprint density at radius 3 is 2.82 bits per heavy atom. The van der Waals surface area contributed by atoms with Crippen LogP contribution in [0.15, 0.2) is 53.6 Å². The van der Waals surface area contributed by atoms with Crippen LogP contribution in [0.5, 0.6) is 11.5 Å². The van der Waals surface area contributed by atoms with Gasteiger partial charge in [-0.2, -0.15) is 5.26 Å². The van der Waals surface area contributed by atoms with E-state index < -0.39 is 0 Å². The monoisotopic (exact) mass is 393 g/mol. The highest BCUT2D eigenvalue weighted by molar-refractivity contribution is 8.00. The fraction of sp³-hybridized carbons (Fsp3) is 0.190. The molecular weight excluding hydrogens is 374 g/mol. The van der Waals surface area contributed by atoms with E-state index >= 15 is 0 Å². The molecule has 0 spiro atoms. The highest BCUT2D eigenvalue weighted by Crippen LogP contribution is 2.28. The molecule has 2 aromatic carbocycles. The highest BCUT2D eigenvalue weighted by atomic mass is 32.2. The Morgan fingerprint density at radius 2 is 2.07 bits per heavy atom. The summed E-state index contributed by atoms with van der Waals surface area (Å²) in [5, 5.41) is 13.6. The lowest BCUT2D eigenvalue weighted by Crippen LogP contribution is -2.15. The number of hydrogen-bond donors (Lipinski definition) is 1. The van der Waals surface area contributed by atoms with Gasteiger partial charge in [0.1, 0.15) is 22.6 Å². The van der Waals surface area contributed by atoms with Gasteiger partial charge in [0.15, 0.2) is 0 Å². The first-order valence-corrected chi connectivity index (χ1v) is 9.66. The minimum Gasteiger partial charge on any atom is -0.497 e. The van der Waals surface area contributed by atoms with Crippen LogP contribution in [0.4, 0.5) is 5.69 Å². The molecule has 3 aromatic rings. The minimum atomic E-state index is -0.200. The number of fused-ring (bicyclic) bond motifs is 1. The number of para-hydroxylation sites is 2. The van der Waals surface area contributed by atoms with Crippen LogP contribution in [0.25, 0.3) is 10.9 Å². The number of thioether (sulfide) groups is 1. The first-order chi connectivity index (χ1) is 13.6. The Labute approximate surface area is 167 Å². The molecule has 6 nitrogen and oxygen atoms in total. The average molecular weight is 393 g/mol. The molecule has 3 rings (SSSR count). The Balaban J connectivity index is 1.75. The van der Waals surface area contributed by atoms with Crippen molar-refractivity contribution < 1.29 is 14.3 Å². The van der Waals surface area contributed by atoms with Crippen molar-refractivity contribution in [2.75, 3.05) is 24.8 Å². The van der Waals surface area contributed by atoms with Crippen LogP contribution < -0.4 is 14.8 Å².